The van der Waals surface area contributed by atoms with Crippen molar-refractivity contribution in [2.45, 2.75) is 6.42 Å². The van der Waals surface area contributed by atoms with Crippen molar-refractivity contribution < 1.29 is 14.4 Å². The Morgan fingerprint density at radius 3 is 2.04 bits per heavy atom. The Balaban J connectivity index is 1.44. The molecule has 0 radical (unpaired) electrons. The van der Waals surface area contributed by atoms with Gasteiger partial charge in [-0.25, -0.2) is 0 Å². The van der Waals surface area contributed by atoms with Crippen LogP contribution >= 0.6 is 0 Å². The Kier molecular flexibility index (Phi) is 3.34. The average Bonchev–Trinajstić information content (AvgIpc) is 3.19. The Hall–Kier alpha value is -3.53. The molecule has 130 valence electrons. The van der Waals surface area contributed by atoms with E-state index in [4.69, 9.17) is 0 Å². The summed E-state index contributed by atoms with van der Waals surface area (Å²) in [5.74, 6) is -1.05. The zero-order valence-electron chi connectivity index (χ0n) is 14.4. The molecule has 27 heavy (non-hydrogen) atoms. The van der Waals surface area contributed by atoms with Gasteiger partial charge in [-0.15, -0.1) is 0 Å². The molecule has 0 unspecified atom stereocenters. The standard InChI is InChI=1S/C23H15NO3/c25-21(13-24-22(26)18-7-3-4-8-19(18)23(24)27)16-10-9-15-11-14-5-1-2-6-17(14)20(15)12-16/h1-10,12H,11,13H2. The van der Waals surface area contributed by atoms with Gasteiger partial charge in [-0.2, -0.15) is 0 Å². The second kappa shape index (κ2) is 5.74. The van der Waals surface area contributed by atoms with Gasteiger partial charge in [0.15, 0.2) is 5.78 Å². The van der Waals surface area contributed by atoms with Crippen molar-refractivity contribution in [3.05, 3.63) is 94.5 Å². The minimum Gasteiger partial charge on any atom is -0.292 e. The van der Waals surface area contributed by atoms with Gasteiger partial charge in [0.25, 0.3) is 11.8 Å². The van der Waals surface area contributed by atoms with Crippen molar-refractivity contribution in [2.75, 3.05) is 6.54 Å². The van der Waals surface area contributed by atoms with Crippen LogP contribution in [0.25, 0.3) is 11.1 Å². The van der Waals surface area contributed by atoms with Crippen molar-refractivity contribution in [2.24, 2.45) is 0 Å². The maximum Gasteiger partial charge on any atom is 0.261 e. The SMILES string of the molecule is O=C(CN1C(=O)c2ccccc2C1=O)c1ccc2c(c1)-c1ccccc1C2. The molecule has 0 atom stereocenters. The Morgan fingerprint density at radius 2 is 1.33 bits per heavy atom. The number of carbonyl (C=O) groups is 3. The molecule has 4 heteroatoms. The lowest BCUT2D eigenvalue weighted by Crippen LogP contribution is -2.34. The van der Waals surface area contributed by atoms with Crippen LogP contribution in [0.1, 0.15) is 42.2 Å². The maximum atomic E-state index is 12.8. The third-order valence-electron chi connectivity index (χ3n) is 5.30. The largest absolute Gasteiger partial charge is 0.292 e. The third kappa shape index (κ3) is 2.34. The van der Waals surface area contributed by atoms with Gasteiger partial charge in [0, 0.05) is 5.56 Å². The second-order valence-electron chi connectivity index (χ2n) is 6.87. The van der Waals surface area contributed by atoms with Gasteiger partial charge < -0.3 is 0 Å². The highest BCUT2D eigenvalue weighted by Gasteiger charge is 2.36. The summed E-state index contributed by atoms with van der Waals surface area (Å²) in [4.78, 5) is 38.8. The van der Waals surface area contributed by atoms with E-state index in [0.717, 1.165) is 22.4 Å². The second-order valence-corrected chi connectivity index (χ2v) is 6.87. The predicted molar refractivity (Wildman–Crippen MR) is 101 cm³/mol. The number of Topliss-reactive ketones (excluding diaryl/α,β-unsaturated/α-hetero) is 1. The zero-order valence-corrected chi connectivity index (χ0v) is 14.4. The first-order valence-corrected chi connectivity index (χ1v) is 8.83. The molecule has 0 N–H and O–H groups in total. The van der Waals surface area contributed by atoms with Crippen molar-refractivity contribution in [3.8, 4) is 11.1 Å². The fraction of sp³-hybridized carbons (Fsp3) is 0.0870. The molecular formula is C23H15NO3. The molecule has 0 bridgehead atoms. The number of amides is 2. The molecule has 2 aliphatic rings. The Labute approximate surface area is 156 Å². The van der Waals surface area contributed by atoms with Gasteiger partial charge >= 0.3 is 0 Å². The van der Waals surface area contributed by atoms with Crippen molar-refractivity contribution in [1.82, 2.24) is 4.90 Å². The Morgan fingerprint density at radius 1 is 0.741 bits per heavy atom. The Bertz CT molecular complexity index is 1110. The quantitative estimate of drug-likeness (QED) is 0.416. The summed E-state index contributed by atoms with van der Waals surface area (Å²) in [7, 11) is 0. The summed E-state index contributed by atoms with van der Waals surface area (Å²) in [6.07, 6.45) is 0.860. The average molecular weight is 353 g/mol. The summed E-state index contributed by atoms with van der Waals surface area (Å²) < 4.78 is 0. The number of ketones is 1. The van der Waals surface area contributed by atoms with Gasteiger partial charge in [-0.1, -0.05) is 48.5 Å². The fourth-order valence-corrected chi connectivity index (χ4v) is 3.91. The minimum absolute atomic E-state index is 0.239. The molecule has 0 saturated carbocycles. The number of hydrogen-bond acceptors (Lipinski definition) is 3. The molecule has 1 heterocycles. The van der Waals surface area contributed by atoms with Crippen LogP contribution in [-0.4, -0.2) is 29.0 Å². The summed E-state index contributed by atoms with van der Waals surface area (Å²) in [5.41, 5.74) is 5.87. The van der Waals surface area contributed by atoms with E-state index >= 15 is 0 Å². The van der Waals surface area contributed by atoms with E-state index in [1.165, 1.54) is 11.1 Å². The van der Waals surface area contributed by atoms with E-state index in [1.54, 1.807) is 30.3 Å². The summed E-state index contributed by atoms with van der Waals surface area (Å²) in [6, 6.07) is 20.4. The number of benzene rings is 3. The molecule has 3 aromatic rings. The van der Waals surface area contributed by atoms with Gasteiger partial charge in [-0.3, -0.25) is 19.3 Å². The number of fused-ring (bicyclic) bond motifs is 4. The molecule has 0 spiro atoms. The first-order chi connectivity index (χ1) is 13.1. The molecular weight excluding hydrogens is 338 g/mol. The highest BCUT2D eigenvalue weighted by atomic mass is 16.2. The normalized spacial score (nSPS) is 14.1. The molecule has 1 aliphatic heterocycles. The van der Waals surface area contributed by atoms with Crippen LogP contribution in [0.5, 0.6) is 0 Å². The van der Waals surface area contributed by atoms with Crippen molar-refractivity contribution >= 4 is 17.6 Å². The molecule has 2 amide bonds. The summed E-state index contributed by atoms with van der Waals surface area (Å²) >= 11 is 0. The van der Waals surface area contributed by atoms with E-state index in [9.17, 15) is 14.4 Å². The number of carbonyl (C=O) groups excluding carboxylic acids is 3. The van der Waals surface area contributed by atoms with Crippen LogP contribution in [-0.2, 0) is 6.42 Å². The van der Waals surface area contributed by atoms with E-state index in [0.29, 0.717) is 16.7 Å². The lowest BCUT2D eigenvalue weighted by Gasteiger charge is -2.13. The summed E-state index contributed by atoms with van der Waals surface area (Å²) in [6.45, 7) is -0.243. The molecule has 4 nitrogen and oxygen atoms in total. The van der Waals surface area contributed by atoms with E-state index in [1.807, 2.05) is 24.3 Å². The van der Waals surface area contributed by atoms with Gasteiger partial charge in [0.1, 0.15) is 0 Å². The number of rotatable bonds is 3. The van der Waals surface area contributed by atoms with Crippen molar-refractivity contribution in [1.29, 1.82) is 0 Å². The molecule has 0 fully saturated rings. The van der Waals surface area contributed by atoms with E-state index in [-0.39, 0.29) is 12.3 Å². The van der Waals surface area contributed by atoms with Gasteiger partial charge in [0.05, 0.1) is 17.7 Å². The van der Waals surface area contributed by atoms with Crippen LogP contribution < -0.4 is 0 Å². The zero-order chi connectivity index (χ0) is 18.5. The van der Waals surface area contributed by atoms with E-state index in [2.05, 4.69) is 12.1 Å². The predicted octanol–water partition coefficient (Wildman–Crippen LogP) is 3.74. The molecule has 5 rings (SSSR count). The molecule has 3 aromatic carbocycles. The minimum atomic E-state index is -0.407. The first kappa shape index (κ1) is 15.7. The number of imide groups is 1. The van der Waals surface area contributed by atoms with Gasteiger partial charge in [-0.05, 0) is 46.9 Å². The topological polar surface area (TPSA) is 54.5 Å². The highest BCUT2D eigenvalue weighted by molar-refractivity contribution is 6.23. The van der Waals surface area contributed by atoms with Crippen LogP contribution in [0.2, 0.25) is 0 Å². The van der Waals surface area contributed by atoms with Crippen LogP contribution in [0, 0.1) is 0 Å². The molecule has 0 saturated heterocycles. The lowest BCUT2D eigenvalue weighted by atomic mass is 10.0. The molecule has 0 aromatic heterocycles. The summed E-state index contributed by atoms with van der Waals surface area (Å²) in [5, 5.41) is 0. The number of hydrogen-bond donors (Lipinski definition) is 0. The van der Waals surface area contributed by atoms with Gasteiger partial charge in [0.2, 0.25) is 0 Å². The maximum absolute atomic E-state index is 12.8. The van der Waals surface area contributed by atoms with Crippen LogP contribution in [0.4, 0.5) is 0 Å². The van der Waals surface area contributed by atoms with Crippen LogP contribution in [0.3, 0.4) is 0 Å². The highest BCUT2D eigenvalue weighted by Crippen LogP contribution is 2.37. The number of nitrogens with zero attached hydrogens (tertiary/aromatic N) is 1. The first-order valence-electron chi connectivity index (χ1n) is 8.83. The molecule has 1 aliphatic carbocycles. The monoisotopic (exact) mass is 353 g/mol. The van der Waals surface area contributed by atoms with E-state index < -0.39 is 11.8 Å². The van der Waals surface area contributed by atoms with Crippen molar-refractivity contribution in [3.63, 3.8) is 0 Å². The van der Waals surface area contributed by atoms with Crippen LogP contribution in [0.15, 0.2) is 66.7 Å². The smallest absolute Gasteiger partial charge is 0.261 e. The fourth-order valence-electron chi connectivity index (χ4n) is 3.91. The third-order valence-corrected chi connectivity index (χ3v) is 5.30. The lowest BCUT2D eigenvalue weighted by molar-refractivity contribution is 0.0624.